The number of ketones is 1. The minimum Gasteiger partial charge on any atom is -0.481 e. The molecule has 0 fully saturated rings. The van der Waals surface area contributed by atoms with Crippen LogP contribution < -0.4 is 10.1 Å². The Morgan fingerprint density at radius 1 is 1.03 bits per heavy atom. The van der Waals surface area contributed by atoms with Gasteiger partial charge in [0, 0.05) is 12.1 Å². The molecule has 0 bridgehead atoms. The third-order valence-corrected chi connectivity index (χ3v) is 5.63. The lowest BCUT2D eigenvalue weighted by Crippen LogP contribution is -2.19. The molecule has 0 aliphatic heterocycles. The van der Waals surface area contributed by atoms with E-state index in [0.29, 0.717) is 12.3 Å². The van der Waals surface area contributed by atoms with Gasteiger partial charge in [-0.3, -0.25) is 10.1 Å². The van der Waals surface area contributed by atoms with Crippen LogP contribution >= 0.6 is 8.38 Å². The van der Waals surface area contributed by atoms with Crippen molar-refractivity contribution in [2.75, 3.05) is 6.61 Å². The van der Waals surface area contributed by atoms with E-state index in [-0.39, 0.29) is 12.4 Å². The molecule has 0 radical (unpaired) electrons. The Kier molecular flexibility index (Phi) is 12.5. The summed E-state index contributed by atoms with van der Waals surface area (Å²) >= 11 is 0. The predicted octanol–water partition coefficient (Wildman–Crippen LogP) is 5.83. The molecule has 35 heavy (non-hydrogen) atoms. The van der Waals surface area contributed by atoms with E-state index in [0.717, 1.165) is 22.3 Å². The second-order valence-corrected chi connectivity index (χ2v) is 8.48. The summed E-state index contributed by atoms with van der Waals surface area (Å²) in [5.41, 5.74) is 3.53. The molecule has 1 unspecified atom stereocenters. The van der Waals surface area contributed by atoms with Crippen molar-refractivity contribution in [3.63, 3.8) is 0 Å². The fourth-order valence-electron chi connectivity index (χ4n) is 3.11. The van der Waals surface area contributed by atoms with Gasteiger partial charge in [0.15, 0.2) is 14.2 Å². The highest BCUT2D eigenvalue weighted by Gasteiger charge is 2.20. The van der Waals surface area contributed by atoms with Crippen molar-refractivity contribution in [2.45, 2.75) is 33.1 Å². The number of rotatable bonds is 9. The topological polar surface area (TPSA) is 78.8 Å². The molecule has 5 nitrogen and oxygen atoms in total. The van der Waals surface area contributed by atoms with Crippen molar-refractivity contribution < 1.29 is 19.3 Å². The molecule has 0 aromatic heterocycles. The van der Waals surface area contributed by atoms with Crippen LogP contribution in [0.5, 0.6) is 5.75 Å². The van der Waals surface area contributed by atoms with Crippen molar-refractivity contribution in [2.24, 2.45) is 0 Å². The zero-order chi connectivity index (χ0) is 25.5. The lowest BCUT2D eigenvalue weighted by atomic mass is 10.1. The van der Waals surface area contributed by atoms with E-state index in [4.69, 9.17) is 4.74 Å². The second-order valence-electron chi connectivity index (χ2n) is 7.32. The summed E-state index contributed by atoms with van der Waals surface area (Å²) in [6.07, 6.45) is 3.28. The summed E-state index contributed by atoms with van der Waals surface area (Å²) in [7, 11) is -2.23. The first-order valence-electron chi connectivity index (χ1n) is 11.5. The average molecular weight is 490 g/mol. The van der Waals surface area contributed by atoms with Gasteiger partial charge < -0.3 is 14.5 Å². The van der Waals surface area contributed by atoms with Gasteiger partial charge in [0.05, 0.1) is 0 Å². The van der Waals surface area contributed by atoms with Crippen molar-refractivity contribution in [3.8, 4) is 17.6 Å². The first kappa shape index (κ1) is 28.0. The number of hydrogen-bond acceptors (Lipinski definition) is 5. The van der Waals surface area contributed by atoms with Crippen molar-refractivity contribution in [3.05, 3.63) is 107 Å². The van der Waals surface area contributed by atoms with Crippen molar-refractivity contribution >= 4 is 20.2 Å². The molecule has 3 aromatic carbocycles. The van der Waals surface area contributed by atoms with E-state index in [1.807, 2.05) is 86.6 Å². The number of hydrogen-bond donors (Lipinski definition) is 3. The van der Waals surface area contributed by atoms with Crippen LogP contribution in [0.15, 0.2) is 84.9 Å². The quantitative estimate of drug-likeness (QED) is 0.200. The predicted molar refractivity (Wildman–Crippen MR) is 144 cm³/mol. The minimum atomic E-state index is -2.23. The van der Waals surface area contributed by atoms with E-state index in [2.05, 4.69) is 17.2 Å². The summed E-state index contributed by atoms with van der Waals surface area (Å²) in [6, 6.07) is 24.6. The standard InChI is InChI=1S/C27H26NO4P.C2H6/c1-21(29)15-16-23-11-5-10-22(18-23)12-7-17-32-26-14-6-13-25(19-26)27(33(30)31)28-20-24-8-3-2-4-9-24;1-2/h2-6,8-11,13-16,18-19,27-28,30-31H,17,20H2,1H3;1-2H3/b16-15-;. The number of ether oxygens (including phenoxy) is 1. The number of nitrogens with one attached hydrogen (secondary N) is 1. The lowest BCUT2D eigenvalue weighted by molar-refractivity contribution is -0.112. The Balaban J connectivity index is 0.00000210. The van der Waals surface area contributed by atoms with Crippen LogP contribution in [0, 0.1) is 11.8 Å². The summed E-state index contributed by atoms with van der Waals surface area (Å²) in [6.45, 7) is 6.21. The molecule has 0 aliphatic carbocycles. The number of carbonyl (C=O) groups excluding carboxylic acids is 1. The number of carbonyl (C=O) groups is 1. The largest absolute Gasteiger partial charge is 0.481 e. The third kappa shape index (κ3) is 10.3. The molecule has 3 aromatic rings. The van der Waals surface area contributed by atoms with Crippen LogP contribution in [0.1, 0.15) is 48.8 Å². The third-order valence-electron chi connectivity index (χ3n) is 4.69. The maximum absolute atomic E-state index is 11.1. The zero-order valence-corrected chi connectivity index (χ0v) is 21.2. The van der Waals surface area contributed by atoms with Gasteiger partial charge in [0.1, 0.15) is 18.1 Å². The minimum absolute atomic E-state index is 0.00502. The number of allylic oxidation sites excluding steroid dienone is 1. The van der Waals surface area contributed by atoms with Gasteiger partial charge >= 0.3 is 0 Å². The summed E-state index contributed by atoms with van der Waals surface area (Å²) in [5.74, 6) is 6.04. The fourth-order valence-corrected chi connectivity index (χ4v) is 3.79. The fraction of sp³-hybridized carbons (Fsp3) is 0.207. The van der Waals surface area contributed by atoms with E-state index in [9.17, 15) is 14.6 Å². The molecule has 3 rings (SSSR count). The monoisotopic (exact) mass is 489 g/mol. The highest BCUT2D eigenvalue weighted by Crippen LogP contribution is 2.42. The van der Waals surface area contributed by atoms with E-state index in [1.54, 1.807) is 12.1 Å². The van der Waals surface area contributed by atoms with Gasteiger partial charge in [0.2, 0.25) is 0 Å². The molecule has 0 amide bonds. The van der Waals surface area contributed by atoms with E-state index >= 15 is 0 Å². The SMILES string of the molecule is CC.CC(=O)/C=C\c1cccc(C#CCOc2cccc(C(NCc3ccccc3)P(O)O)c2)c1. The first-order valence-corrected chi connectivity index (χ1v) is 12.8. The van der Waals surface area contributed by atoms with Crippen molar-refractivity contribution in [1.29, 1.82) is 0 Å². The van der Waals surface area contributed by atoms with Gasteiger partial charge in [-0.2, -0.15) is 0 Å². The molecule has 6 heteroatoms. The second kappa shape index (κ2) is 15.6. The molecule has 0 spiro atoms. The van der Waals surface area contributed by atoms with Gasteiger partial charge in [-0.1, -0.05) is 86.4 Å². The molecule has 1 atom stereocenters. The smallest absolute Gasteiger partial charge is 0.188 e. The van der Waals surface area contributed by atoms with Crippen LogP contribution in [0.25, 0.3) is 6.08 Å². The molecular formula is C29H32NO4P. The lowest BCUT2D eigenvalue weighted by Gasteiger charge is -2.20. The van der Waals surface area contributed by atoms with Gasteiger partial charge in [-0.05, 0) is 54.0 Å². The molecule has 0 saturated heterocycles. The Morgan fingerprint density at radius 3 is 2.49 bits per heavy atom. The van der Waals surface area contributed by atoms with Gasteiger partial charge in [-0.15, -0.1) is 0 Å². The Hall–Kier alpha value is -3.26. The van der Waals surface area contributed by atoms with Crippen LogP contribution in [0.3, 0.4) is 0 Å². The summed E-state index contributed by atoms with van der Waals surface area (Å²) in [5, 5.41) is 3.21. The Bertz CT molecular complexity index is 1150. The van der Waals surface area contributed by atoms with Crippen LogP contribution in [0.4, 0.5) is 0 Å². The summed E-state index contributed by atoms with van der Waals surface area (Å²) in [4.78, 5) is 31.0. The van der Waals surface area contributed by atoms with Crippen LogP contribution in [0.2, 0.25) is 0 Å². The average Bonchev–Trinajstić information content (AvgIpc) is 2.88. The molecule has 0 heterocycles. The highest BCUT2D eigenvalue weighted by atomic mass is 31.2. The first-order chi connectivity index (χ1) is 17.0. The van der Waals surface area contributed by atoms with E-state index in [1.165, 1.54) is 13.0 Å². The summed E-state index contributed by atoms with van der Waals surface area (Å²) < 4.78 is 5.75. The Labute approximate surface area is 209 Å². The molecular weight excluding hydrogens is 457 g/mol. The molecule has 182 valence electrons. The number of benzene rings is 3. The highest BCUT2D eigenvalue weighted by molar-refractivity contribution is 7.45. The molecule has 0 aliphatic rings. The molecule has 0 saturated carbocycles. The van der Waals surface area contributed by atoms with E-state index < -0.39 is 14.2 Å². The zero-order valence-electron chi connectivity index (χ0n) is 20.3. The maximum atomic E-state index is 11.1. The Morgan fingerprint density at radius 2 is 1.77 bits per heavy atom. The normalized spacial score (nSPS) is 11.3. The van der Waals surface area contributed by atoms with Crippen LogP contribution in [-0.4, -0.2) is 22.2 Å². The van der Waals surface area contributed by atoms with Crippen LogP contribution in [-0.2, 0) is 11.3 Å². The van der Waals surface area contributed by atoms with Crippen molar-refractivity contribution in [1.82, 2.24) is 5.32 Å². The molecule has 3 N–H and O–H groups in total. The maximum Gasteiger partial charge on any atom is 0.188 e. The van der Waals surface area contributed by atoms with Gasteiger partial charge in [0.25, 0.3) is 0 Å². The van der Waals surface area contributed by atoms with Gasteiger partial charge in [-0.25, -0.2) is 0 Å².